The van der Waals surface area contributed by atoms with Gasteiger partial charge < -0.3 is 10.6 Å². The maximum Gasteiger partial charge on any atom is 0.233 e. The highest BCUT2D eigenvalue weighted by molar-refractivity contribution is 8.00. The summed E-state index contributed by atoms with van der Waals surface area (Å²) in [6.45, 7) is 5.25. The quantitative estimate of drug-likeness (QED) is 0.786. The van der Waals surface area contributed by atoms with Gasteiger partial charge in [-0.1, -0.05) is 6.92 Å². The van der Waals surface area contributed by atoms with Gasteiger partial charge in [0.25, 0.3) is 0 Å². The van der Waals surface area contributed by atoms with E-state index in [9.17, 15) is 4.79 Å². The summed E-state index contributed by atoms with van der Waals surface area (Å²) in [5.74, 6) is 1.41. The summed E-state index contributed by atoms with van der Waals surface area (Å²) in [5, 5.41) is 6.77. The van der Waals surface area contributed by atoms with Crippen LogP contribution in [0.2, 0.25) is 0 Å². The molecule has 4 heteroatoms. The van der Waals surface area contributed by atoms with Crippen molar-refractivity contribution in [1.82, 2.24) is 10.6 Å². The zero-order chi connectivity index (χ0) is 11.4. The number of thioether (sulfide) groups is 1. The number of hydrogen-bond donors (Lipinski definition) is 2. The fraction of sp³-hybridized carbons (Fsp3) is 0.917. The Morgan fingerprint density at radius 3 is 3.06 bits per heavy atom. The van der Waals surface area contributed by atoms with E-state index in [4.69, 9.17) is 0 Å². The average Bonchev–Trinajstić information content (AvgIpc) is 2.80. The van der Waals surface area contributed by atoms with Crippen molar-refractivity contribution in [2.24, 2.45) is 5.41 Å². The minimum atomic E-state index is 0.222. The Bertz CT molecular complexity index is 245. The monoisotopic (exact) mass is 242 g/mol. The van der Waals surface area contributed by atoms with Crippen LogP contribution in [0.25, 0.3) is 0 Å². The van der Waals surface area contributed by atoms with E-state index in [-0.39, 0.29) is 16.6 Å². The largest absolute Gasteiger partial charge is 0.355 e. The summed E-state index contributed by atoms with van der Waals surface area (Å²) in [7, 11) is 0. The second-order valence-corrected chi connectivity index (χ2v) is 6.62. The highest BCUT2D eigenvalue weighted by atomic mass is 32.2. The molecule has 16 heavy (non-hydrogen) atoms. The molecule has 0 spiro atoms. The first kappa shape index (κ1) is 12.2. The molecule has 2 heterocycles. The molecular formula is C12H22N2OS. The molecule has 1 amide bonds. The van der Waals surface area contributed by atoms with Crippen LogP contribution < -0.4 is 10.6 Å². The first-order valence-corrected chi connectivity index (χ1v) is 7.35. The molecule has 2 N–H and O–H groups in total. The number of hydrogen-bond acceptors (Lipinski definition) is 3. The molecule has 0 aliphatic carbocycles. The van der Waals surface area contributed by atoms with Crippen molar-refractivity contribution >= 4 is 17.7 Å². The lowest BCUT2D eigenvalue weighted by Gasteiger charge is -2.34. The summed E-state index contributed by atoms with van der Waals surface area (Å²) in [5.41, 5.74) is 0.261. The van der Waals surface area contributed by atoms with Gasteiger partial charge in [0, 0.05) is 13.1 Å². The molecule has 2 atom stereocenters. The second kappa shape index (κ2) is 5.41. The van der Waals surface area contributed by atoms with Gasteiger partial charge in [-0.2, -0.15) is 0 Å². The Kier molecular flexibility index (Phi) is 4.14. The van der Waals surface area contributed by atoms with Gasteiger partial charge in [-0.3, -0.25) is 4.79 Å². The summed E-state index contributed by atoms with van der Waals surface area (Å²) < 4.78 is 0. The molecule has 92 valence electrons. The van der Waals surface area contributed by atoms with E-state index in [0.717, 1.165) is 31.8 Å². The molecular weight excluding hydrogens is 220 g/mol. The van der Waals surface area contributed by atoms with Crippen molar-refractivity contribution in [3.05, 3.63) is 0 Å². The van der Waals surface area contributed by atoms with Gasteiger partial charge in [0.2, 0.25) is 5.91 Å². The van der Waals surface area contributed by atoms with Crippen LogP contribution in [0.3, 0.4) is 0 Å². The predicted molar refractivity (Wildman–Crippen MR) is 68.7 cm³/mol. The van der Waals surface area contributed by atoms with E-state index >= 15 is 0 Å². The minimum Gasteiger partial charge on any atom is -0.355 e. The van der Waals surface area contributed by atoms with Crippen LogP contribution in [0.15, 0.2) is 0 Å². The van der Waals surface area contributed by atoms with Crippen LogP contribution in [-0.4, -0.2) is 36.5 Å². The zero-order valence-corrected chi connectivity index (χ0v) is 10.9. The number of carbonyl (C=O) groups is 1. The maximum absolute atomic E-state index is 11.9. The normalized spacial score (nSPS) is 34.9. The lowest BCUT2D eigenvalue weighted by Crippen LogP contribution is -2.47. The van der Waals surface area contributed by atoms with Crippen LogP contribution in [-0.2, 0) is 4.79 Å². The second-order valence-electron chi connectivity index (χ2n) is 5.31. The molecule has 2 aliphatic heterocycles. The number of carbonyl (C=O) groups excluding carboxylic acids is 1. The van der Waals surface area contributed by atoms with Crippen molar-refractivity contribution in [1.29, 1.82) is 0 Å². The van der Waals surface area contributed by atoms with E-state index in [1.54, 1.807) is 0 Å². The standard InChI is InChI=1S/C12H22N2OS/c1-12(5-3-6-13-8-12)9-14-11(15)10-4-2-7-16-10/h10,13H,2-9H2,1H3,(H,14,15). The molecule has 0 radical (unpaired) electrons. The average molecular weight is 242 g/mol. The van der Waals surface area contributed by atoms with Gasteiger partial charge in [0.05, 0.1) is 5.25 Å². The lowest BCUT2D eigenvalue weighted by molar-refractivity contribution is -0.121. The SMILES string of the molecule is CC1(CNC(=O)C2CCCS2)CCCNC1. The van der Waals surface area contributed by atoms with E-state index in [2.05, 4.69) is 17.6 Å². The third kappa shape index (κ3) is 3.14. The van der Waals surface area contributed by atoms with Crippen molar-refractivity contribution in [3.63, 3.8) is 0 Å². The smallest absolute Gasteiger partial charge is 0.233 e. The number of rotatable bonds is 3. The van der Waals surface area contributed by atoms with E-state index in [1.165, 1.54) is 19.3 Å². The van der Waals surface area contributed by atoms with Gasteiger partial charge in [0.1, 0.15) is 0 Å². The Labute approximate surface area is 102 Å². The van der Waals surface area contributed by atoms with Gasteiger partial charge in [-0.15, -0.1) is 11.8 Å². The topological polar surface area (TPSA) is 41.1 Å². The highest BCUT2D eigenvalue weighted by Gasteiger charge is 2.29. The van der Waals surface area contributed by atoms with Gasteiger partial charge >= 0.3 is 0 Å². The Balaban J connectivity index is 1.75. The minimum absolute atomic E-state index is 0.222. The van der Waals surface area contributed by atoms with Crippen LogP contribution in [0.4, 0.5) is 0 Å². The van der Waals surface area contributed by atoms with E-state index in [0.29, 0.717) is 0 Å². The third-order valence-electron chi connectivity index (χ3n) is 3.60. The maximum atomic E-state index is 11.9. The molecule has 0 aromatic carbocycles. The predicted octanol–water partition coefficient (Wildman–Crippen LogP) is 1.39. The van der Waals surface area contributed by atoms with E-state index < -0.39 is 0 Å². The molecule has 0 aromatic rings. The van der Waals surface area contributed by atoms with Crippen molar-refractivity contribution in [3.8, 4) is 0 Å². The molecule has 2 aliphatic rings. The molecule has 0 saturated carbocycles. The molecule has 2 unspecified atom stereocenters. The van der Waals surface area contributed by atoms with Crippen LogP contribution >= 0.6 is 11.8 Å². The first-order chi connectivity index (χ1) is 7.70. The van der Waals surface area contributed by atoms with Gasteiger partial charge in [-0.05, 0) is 43.4 Å². The third-order valence-corrected chi connectivity index (χ3v) is 4.97. The van der Waals surface area contributed by atoms with Gasteiger partial charge in [-0.25, -0.2) is 0 Å². The summed E-state index contributed by atoms with van der Waals surface area (Å²) in [4.78, 5) is 11.9. The highest BCUT2D eigenvalue weighted by Crippen LogP contribution is 2.27. The van der Waals surface area contributed by atoms with E-state index in [1.807, 2.05) is 11.8 Å². The summed E-state index contributed by atoms with van der Waals surface area (Å²) >= 11 is 1.81. The van der Waals surface area contributed by atoms with Crippen molar-refractivity contribution < 1.29 is 4.79 Å². The number of piperidine rings is 1. The number of amides is 1. The lowest BCUT2D eigenvalue weighted by atomic mass is 9.83. The Morgan fingerprint density at radius 2 is 2.44 bits per heavy atom. The Morgan fingerprint density at radius 1 is 1.56 bits per heavy atom. The van der Waals surface area contributed by atoms with Crippen molar-refractivity contribution in [2.45, 2.75) is 37.9 Å². The van der Waals surface area contributed by atoms with Gasteiger partial charge in [0.15, 0.2) is 0 Å². The van der Waals surface area contributed by atoms with Crippen molar-refractivity contribution in [2.75, 3.05) is 25.4 Å². The molecule has 3 nitrogen and oxygen atoms in total. The summed E-state index contributed by atoms with van der Waals surface area (Å²) in [6.07, 6.45) is 4.70. The molecule has 2 fully saturated rings. The Hall–Kier alpha value is -0.220. The van der Waals surface area contributed by atoms with Crippen LogP contribution in [0, 0.1) is 5.41 Å². The first-order valence-electron chi connectivity index (χ1n) is 6.30. The fourth-order valence-corrected chi connectivity index (χ4v) is 3.65. The van der Waals surface area contributed by atoms with Crippen LogP contribution in [0.1, 0.15) is 32.6 Å². The molecule has 0 bridgehead atoms. The zero-order valence-electron chi connectivity index (χ0n) is 10.1. The molecule has 0 aromatic heterocycles. The summed E-state index contributed by atoms with van der Waals surface area (Å²) in [6, 6.07) is 0. The molecule has 2 saturated heterocycles. The number of nitrogens with one attached hydrogen (secondary N) is 2. The molecule has 2 rings (SSSR count). The van der Waals surface area contributed by atoms with Crippen LogP contribution in [0.5, 0.6) is 0 Å². The fourth-order valence-electron chi connectivity index (χ4n) is 2.47.